The Morgan fingerprint density at radius 3 is 2.55 bits per heavy atom. The lowest BCUT2D eigenvalue weighted by atomic mass is 10.0. The van der Waals surface area contributed by atoms with Gasteiger partial charge in [-0.1, -0.05) is 23.8 Å². The van der Waals surface area contributed by atoms with Crippen LogP contribution in [0.4, 0.5) is 27.8 Å². The monoisotopic (exact) mass is 456 g/mol. The van der Waals surface area contributed by atoms with Crippen LogP contribution in [0.5, 0.6) is 0 Å². The molecule has 164 valence electrons. The molecule has 1 aromatic rings. The summed E-state index contributed by atoms with van der Waals surface area (Å²) in [5.41, 5.74) is 0.398. The Kier molecular flexibility index (Phi) is 5.72. The van der Waals surface area contributed by atoms with Crippen molar-refractivity contribution in [3.8, 4) is 0 Å². The highest BCUT2D eigenvalue weighted by Gasteiger charge is 2.36. The van der Waals surface area contributed by atoms with Crippen molar-refractivity contribution in [1.82, 2.24) is 9.97 Å². The SMILES string of the molecule is FC1(F)CCCN(c2cnc(=C3C=CC(C(F)(F)F)=CC3)c(=C3CC=NC=C3Cl)n2)C1. The average Bonchev–Trinajstić information content (AvgIpc) is 2.72. The van der Waals surface area contributed by atoms with Crippen molar-refractivity contribution in [1.29, 1.82) is 0 Å². The first-order chi connectivity index (χ1) is 14.6. The smallest absolute Gasteiger partial charge is 0.349 e. The molecule has 1 aromatic heterocycles. The van der Waals surface area contributed by atoms with Gasteiger partial charge in [-0.25, -0.2) is 13.8 Å². The molecule has 0 N–H and O–H groups in total. The Morgan fingerprint density at radius 2 is 1.90 bits per heavy atom. The minimum Gasteiger partial charge on any atom is -0.349 e. The van der Waals surface area contributed by atoms with E-state index in [9.17, 15) is 22.0 Å². The van der Waals surface area contributed by atoms with Crippen molar-refractivity contribution in [2.45, 2.75) is 37.8 Å². The molecule has 4 nitrogen and oxygen atoms in total. The second kappa shape index (κ2) is 8.18. The van der Waals surface area contributed by atoms with Gasteiger partial charge in [-0.15, -0.1) is 0 Å². The van der Waals surface area contributed by atoms with Crippen molar-refractivity contribution in [2.24, 2.45) is 4.99 Å². The third-order valence-corrected chi connectivity index (χ3v) is 5.60. The van der Waals surface area contributed by atoms with E-state index in [2.05, 4.69) is 15.0 Å². The second-order valence-corrected chi connectivity index (χ2v) is 7.92. The van der Waals surface area contributed by atoms with Crippen molar-refractivity contribution >= 4 is 34.8 Å². The molecule has 0 atom stereocenters. The van der Waals surface area contributed by atoms with E-state index in [4.69, 9.17) is 11.6 Å². The third kappa shape index (κ3) is 4.71. The van der Waals surface area contributed by atoms with Crippen LogP contribution in [-0.4, -0.2) is 41.4 Å². The number of nitrogens with zero attached hydrogens (tertiary/aromatic N) is 4. The van der Waals surface area contributed by atoms with Gasteiger partial charge >= 0.3 is 6.18 Å². The number of halogens is 6. The molecule has 0 unspecified atom stereocenters. The zero-order chi connectivity index (χ0) is 22.2. The number of alkyl halides is 5. The minimum atomic E-state index is -4.43. The van der Waals surface area contributed by atoms with Gasteiger partial charge in [0.15, 0.2) is 0 Å². The van der Waals surface area contributed by atoms with Gasteiger partial charge in [0.25, 0.3) is 5.92 Å². The molecule has 0 saturated carbocycles. The Balaban J connectivity index is 1.85. The van der Waals surface area contributed by atoms with E-state index < -0.39 is 24.2 Å². The van der Waals surface area contributed by atoms with Crippen LogP contribution < -0.4 is 15.6 Å². The first-order valence-electron chi connectivity index (χ1n) is 9.69. The Morgan fingerprint density at radius 1 is 1.10 bits per heavy atom. The van der Waals surface area contributed by atoms with E-state index in [1.54, 1.807) is 6.21 Å². The van der Waals surface area contributed by atoms with Gasteiger partial charge in [-0.05, 0) is 24.5 Å². The lowest BCUT2D eigenvalue weighted by Gasteiger charge is -2.33. The molecule has 0 aromatic carbocycles. The van der Waals surface area contributed by atoms with Crippen LogP contribution in [0.2, 0.25) is 0 Å². The maximum absolute atomic E-state index is 13.9. The molecule has 1 aliphatic carbocycles. The van der Waals surface area contributed by atoms with Gasteiger partial charge in [0.2, 0.25) is 0 Å². The van der Waals surface area contributed by atoms with Crippen molar-refractivity contribution < 1.29 is 22.0 Å². The molecule has 0 radical (unpaired) electrons. The number of rotatable bonds is 1. The standard InChI is InChI=1S/C21H18ClF5N4/c22-16-10-28-8-6-15(16)19-18(13-2-4-14(5-3-13)21(25,26)27)29-11-17(30-19)31-9-1-7-20(23,24)12-31/h2,4-5,8,10-11H,1,3,6-7,9,12H2. The fourth-order valence-corrected chi connectivity index (χ4v) is 3.94. The first-order valence-corrected chi connectivity index (χ1v) is 10.1. The summed E-state index contributed by atoms with van der Waals surface area (Å²) in [6.07, 6.45) is 3.96. The number of hydrogen-bond acceptors (Lipinski definition) is 4. The summed E-state index contributed by atoms with van der Waals surface area (Å²) < 4.78 is 66.7. The minimum absolute atomic E-state index is 0.0108. The van der Waals surface area contributed by atoms with Gasteiger partial charge in [-0.3, -0.25) is 9.98 Å². The zero-order valence-electron chi connectivity index (χ0n) is 16.3. The van der Waals surface area contributed by atoms with Gasteiger partial charge < -0.3 is 4.90 Å². The fraction of sp³-hybridized carbons (Fsp3) is 0.381. The van der Waals surface area contributed by atoms with E-state index in [1.165, 1.54) is 23.4 Å². The van der Waals surface area contributed by atoms with Crippen molar-refractivity contribution in [3.05, 3.63) is 51.9 Å². The number of anilines is 1. The van der Waals surface area contributed by atoms with E-state index in [-0.39, 0.29) is 18.7 Å². The summed E-state index contributed by atoms with van der Waals surface area (Å²) in [6, 6.07) is 0. The Bertz CT molecular complexity index is 1130. The largest absolute Gasteiger partial charge is 0.416 e. The molecule has 3 aliphatic rings. The van der Waals surface area contributed by atoms with E-state index in [1.807, 2.05) is 0 Å². The van der Waals surface area contributed by atoms with Crippen molar-refractivity contribution in [2.75, 3.05) is 18.0 Å². The van der Waals surface area contributed by atoms with Crippen LogP contribution in [0.15, 0.2) is 46.2 Å². The molecular formula is C21H18ClF5N4. The number of piperidine rings is 1. The van der Waals surface area contributed by atoms with Crippen LogP contribution >= 0.6 is 11.6 Å². The number of hydrogen-bond donors (Lipinski definition) is 0. The maximum Gasteiger partial charge on any atom is 0.416 e. The van der Waals surface area contributed by atoms with Crippen LogP contribution in [0.1, 0.15) is 25.7 Å². The first kappa shape index (κ1) is 21.7. The predicted molar refractivity (Wildman–Crippen MR) is 109 cm³/mol. The second-order valence-electron chi connectivity index (χ2n) is 7.52. The van der Waals surface area contributed by atoms with Crippen LogP contribution in [0.25, 0.3) is 11.1 Å². The molecule has 0 bridgehead atoms. The van der Waals surface area contributed by atoms with Crippen LogP contribution in [-0.2, 0) is 0 Å². The lowest BCUT2D eigenvalue weighted by molar-refractivity contribution is -0.0884. The molecule has 1 fully saturated rings. The van der Waals surface area contributed by atoms with Crippen molar-refractivity contribution in [3.63, 3.8) is 0 Å². The summed E-state index contributed by atoms with van der Waals surface area (Å²) in [4.78, 5) is 14.5. The molecule has 2 aliphatic heterocycles. The number of allylic oxidation sites excluding steroid dienone is 5. The summed E-state index contributed by atoms with van der Waals surface area (Å²) >= 11 is 6.32. The zero-order valence-corrected chi connectivity index (χ0v) is 17.0. The number of aromatic nitrogens is 2. The highest BCUT2D eigenvalue weighted by molar-refractivity contribution is 6.36. The summed E-state index contributed by atoms with van der Waals surface area (Å²) in [5, 5.41) is 1.06. The predicted octanol–water partition coefficient (Wildman–Crippen LogP) is 4.02. The number of aliphatic imine (C=N–C) groups is 1. The van der Waals surface area contributed by atoms with Crippen LogP contribution in [0, 0.1) is 0 Å². The summed E-state index contributed by atoms with van der Waals surface area (Å²) in [5.74, 6) is -2.54. The summed E-state index contributed by atoms with van der Waals surface area (Å²) in [7, 11) is 0. The topological polar surface area (TPSA) is 41.4 Å². The van der Waals surface area contributed by atoms with Crippen LogP contribution in [0.3, 0.4) is 0 Å². The normalized spacial score (nSPS) is 24.8. The maximum atomic E-state index is 13.9. The van der Waals surface area contributed by atoms with E-state index in [0.717, 1.165) is 12.2 Å². The van der Waals surface area contributed by atoms with Gasteiger partial charge in [0, 0.05) is 37.4 Å². The van der Waals surface area contributed by atoms with E-state index in [0.29, 0.717) is 46.3 Å². The summed E-state index contributed by atoms with van der Waals surface area (Å²) in [6.45, 7) is -0.0490. The Labute approximate surface area is 179 Å². The van der Waals surface area contributed by atoms with Gasteiger partial charge in [0.1, 0.15) is 5.82 Å². The highest BCUT2D eigenvalue weighted by Crippen LogP contribution is 2.31. The quantitative estimate of drug-likeness (QED) is 0.599. The molecule has 31 heavy (non-hydrogen) atoms. The molecule has 0 amide bonds. The molecule has 3 heterocycles. The molecule has 0 spiro atoms. The molecule has 1 saturated heterocycles. The van der Waals surface area contributed by atoms with Gasteiger partial charge in [-0.2, -0.15) is 13.2 Å². The Hall–Kier alpha value is -2.55. The fourth-order valence-electron chi connectivity index (χ4n) is 3.72. The third-order valence-electron chi connectivity index (χ3n) is 5.28. The highest BCUT2D eigenvalue weighted by atomic mass is 35.5. The lowest BCUT2D eigenvalue weighted by Crippen LogP contribution is -2.45. The van der Waals surface area contributed by atoms with E-state index >= 15 is 0 Å². The molecule has 4 rings (SSSR count). The molecular weight excluding hydrogens is 439 g/mol. The average molecular weight is 457 g/mol. The van der Waals surface area contributed by atoms with Gasteiger partial charge in [0.05, 0.1) is 34.0 Å². The molecule has 10 heteroatoms.